The monoisotopic (exact) mass is 218 g/mol. The van der Waals surface area contributed by atoms with Crippen LogP contribution in [0.15, 0.2) is 0 Å². The van der Waals surface area contributed by atoms with E-state index in [0.717, 1.165) is 0 Å². The molecule has 0 saturated carbocycles. The van der Waals surface area contributed by atoms with Crippen molar-refractivity contribution in [3.63, 3.8) is 0 Å². The zero-order chi connectivity index (χ0) is 11.4. The number of carbonyl (C=O) groups excluding carboxylic acids is 2. The van der Waals surface area contributed by atoms with Gasteiger partial charge in [-0.05, 0) is 0 Å². The molecule has 1 fully saturated rings. The Hall–Kier alpha value is -1.14. The lowest BCUT2D eigenvalue weighted by Crippen LogP contribution is -2.44. The molecule has 0 bridgehead atoms. The van der Waals surface area contributed by atoms with Gasteiger partial charge in [0.05, 0.1) is 20.3 Å². The SMILES string of the molecule is COC(=O)[C@H]1CC(O)C[C@H](C(=O)OC)O1. The van der Waals surface area contributed by atoms with Crippen molar-refractivity contribution in [1.29, 1.82) is 0 Å². The second-order valence-corrected chi connectivity index (χ2v) is 3.28. The Balaban J connectivity index is 2.63. The molecular weight excluding hydrogens is 204 g/mol. The van der Waals surface area contributed by atoms with Gasteiger partial charge in [-0.3, -0.25) is 0 Å². The van der Waals surface area contributed by atoms with Crippen molar-refractivity contribution in [2.45, 2.75) is 31.2 Å². The minimum atomic E-state index is -0.900. The van der Waals surface area contributed by atoms with E-state index in [1.54, 1.807) is 0 Å². The Labute approximate surface area is 87.1 Å². The largest absolute Gasteiger partial charge is 0.467 e. The molecule has 1 N–H and O–H groups in total. The molecule has 0 spiro atoms. The van der Waals surface area contributed by atoms with Gasteiger partial charge in [-0.15, -0.1) is 0 Å². The number of esters is 2. The van der Waals surface area contributed by atoms with E-state index in [2.05, 4.69) is 9.47 Å². The first-order chi connectivity index (χ1) is 7.08. The van der Waals surface area contributed by atoms with E-state index in [9.17, 15) is 14.7 Å². The maximum atomic E-state index is 11.2. The lowest BCUT2D eigenvalue weighted by atomic mass is 10.0. The van der Waals surface area contributed by atoms with Crippen molar-refractivity contribution >= 4 is 11.9 Å². The van der Waals surface area contributed by atoms with Crippen LogP contribution in [0.3, 0.4) is 0 Å². The minimum Gasteiger partial charge on any atom is -0.467 e. The molecule has 1 aliphatic heterocycles. The van der Waals surface area contributed by atoms with Crippen LogP contribution in [-0.2, 0) is 23.8 Å². The Bertz CT molecular complexity index is 227. The van der Waals surface area contributed by atoms with Crippen LogP contribution in [0, 0.1) is 0 Å². The average molecular weight is 218 g/mol. The molecule has 86 valence electrons. The van der Waals surface area contributed by atoms with Crippen LogP contribution in [0.4, 0.5) is 0 Å². The molecular formula is C9H14O6. The van der Waals surface area contributed by atoms with Gasteiger partial charge in [-0.1, -0.05) is 0 Å². The summed E-state index contributed by atoms with van der Waals surface area (Å²) >= 11 is 0. The molecule has 1 aliphatic rings. The van der Waals surface area contributed by atoms with Crippen LogP contribution in [-0.4, -0.2) is 49.6 Å². The number of carbonyl (C=O) groups is 2. The molecule has 0 amide bonds. The van der Waals surface area contributed by atoms with E-state index in [-0.39, 0.29) is 12.8 Å². The Morgan fingerprint density at radius 2 is 1.53 bits per heavy atom. The number of methoxy groups -OCH3 is 2. The summed E-state index contributed by atoms with van der Waals surface area (Å²) in [7, 11) is 2.44. The highest BCUT2D eigenvalue weighted by molar-refractivity contribution is 5.78. The van der Waals surface area contributed by atoms with Crippen LogP contribution in [0.2, 0.25) is 0 Å². The Kier molecular flexibility index (Phi) is 4.05. The third kappa shape index (κ3) is 2.90. The van der Waals surface area contributed by atoms with Crippen molar-refractivity contribution in [1.82, 2.24) is 0 Å². The molecule has 0 aromatic heterocycles. The second kappa shape index (κ2) is 5.09. The van der Waals surface area contributed by atoms with Crippen molar-refractivity contribution in [2.75, 3.05) is 14.2 Å². The van der Waals surface area contributed by atoms with E-state index in [1.807, 2.05) is 0 Å². The highest BCUT2D eigenvalue weighted by Crippen LogP contribution is 2.21. The molecule has 0 unspecified atom stereocenters. The summed E-state index contributed by atoms with van der Waals surface area (Å²) in [6.07, 6.45) is -2.28. The summed E-state index contributed by atoms with van der Waals surface area (Å²) in [5.41, 5.74) is 0. The highest BCUT2D eigenvalue weighted by Gasteiger charge is 2.37. The van der Waals surface area contributed by atoms with Gasteiger partial charge in [0.2, 0.25) is 0 Å². The van der Waals surface area contributed by atoms with Gasteiger partial charge in [0.25, 0.3) is 0 Å². The van der Waals surface area contributed by atoms with Crippen LogP contribution in [0.1, 0.15) is 12.8 Å². The van der Waals surface area contributed by atoms with Gasteiger partial charge >= 0.3 is 11.9 Å². The summed E-state index contributed by atoms with van der Waals surface area (Å²) in [5.74, 6) is -1.19. The molecule has 1 heterocycles. The molecule has 1 rings (SSSR count). The van der Waals surface area contributed by atoms with Crippen LogP contribution in [0.5, 0.6) is 0 Å². The van der Waals surface area contributed by atoms with E-state index in [1.165, 1.54) is 14.2 Å². The Morgan fingerprint density at radius 3 is 1.87 bits per heavy atom. The molecule has 2 atom stereocenters. The molecule has 0 aromatic rings. The van der Waals surface area contributed by atoms with Crippen LogP contribution < -0.4 is 0 Å². The van der Waals surface area contributed by atoms with Gasteiger partial charge in [-0.2, -0.15) is 0 Å². The van der Waals surface area contributed by atoms with Crippen molar-refractivity contribution in [2.24, 2.45) is 0 Å². The number of aliphatic hydroxyl groups is 1. The van der Waals surface area contributed by atoms with Gasteiger partial charge in [-0.25, -0.2) is 9.59 Å². The van der Waals surface area contributed by atoms with E-state index in [0.29, 0.717) is 0 Å². The first-order valence-corrected chi connectivity index (χ1v) is 4.57. The molecule has 1 saturated heterocycles. The number of hydrogen-bond acceptors (Lipinski definition) is 6. The molecule has 6 heteroatoms. The number of aliphatic hydroxyl groups excluding tert-OH is 1. The van der Waals surface area contributed by atoms with E-state index < -0.39 is 30.3 Å². The topological polar surface area (TPSA) is 82.1 Å². The predicted molar refractivity (Wildman–Crippen MR) is 47.9 cm³/mol. The van der Waals surface area contributed by atoms with Crippen molar-refractivity contribution in [3.05, 3.63) is 0 Å². The fraction of sp³-hybridized carbons (Fsp3) is 0.778. The molecule has 0 radical (unpaired) electrons. The van der Waals surface area contributed by atoms with Crippen LogP contribution in [0.25, 0.3) is 0 Å². The second-order valence-electron chi connectivity index (χ2n) is 3.28. The summed E-state index contributed by atoms with van der Waals surface area (Å²) in [4.78, 5) is 22.3. The van der Waals surface area contributed by atoms with Crippen molar-refractivity contribution in [3.8, 4) is 0 Å². The van der Waals surface area contributed by atoms with Gasteiger partial charge in [0, 0.05) is 12.8 Å². The summed E-state index contributed by atoms with van der Waals surface area (Å²) in [5, 5.41) is 9.44. The van der Waals surface area contributed by atoms with Gasteiger partial charge < -0.3 is 19.3 Å². The normalized spacial score (nSPS) is 30.7. The van der Waals surface area contributed by atoms with E-state index >= 15 is 0 Å². The van der Waals surface area contributed by atoms with E-state index in [4.69, 9.17) is 4.74 Å². The zero-order valence-electron chi connectivity index (χ0n) is 8.63. The molecule has 6 nitrogen and oxygen atoms in total. The Morgan fingerprint density at radius 1 is 1.13 bits per heavy atom. The standard InChI is InChI=1S/C9H14O6/c1-13-8(11)6-3-5(10)4-7(15-6)9(12)14-2/h5-7,10H,3-4H2,1-2H3/t6-,7-/m1/s1. The lowest BCUT2D eigenvalue weighted by molar-refractivity contribution is -0.182. The minimum absolute atomic E-state index is 0.139. The summed E-state index contributed by atoms with van der Waals surface area (Å²) < 4.78 is 14.1. The molecule has 0 aromatic carbocycles. The quantitative estimate of drug-likeness (QED) is 0.613. The highest BCUT2D eigenvalue weighted by atomic mass is 16.6. The first-order valence-electron chi connectivity index (χ1n) is 4.57. The molecule has 0 aliphatic carbocycles. The van der Waals surface area contributed by atoms with Crippen LogP contribution >= 0.6 is 0 Å². The van der Waals surface area contributed by atoms with Crippen molar-refractivity contribution < 1.29 is 28.9 Å². The fourth-order valence-corrected chi connectivity index (χ4v) is 1.47. The third-order valence-corrected chi connectivity index (χ3v) is 2.23. The third-order valence-electron chi connectivity index (χ3n) is 2.23. The van der Waals surface area contributed by atoms with Gasteiger partial charge in [0.15, 0.2) is 12.2 Å². The smallest absolute Gasteiger partial charge is 0.335 e. The number of ether oxygens (including phenoxy) is 3. The zero-order valence-corrected chi connectivity index (χ0v) is 8.63. The number of hydrogen-bond donors (Lipinski definition) is 1. The summed E-state index contributed by atoms with van der Waals surface area (Å²) in [6.45, 7) is 0. The van der Waals surface area contributed by atoms with Gasteiger partial charge in [0.1, 0.15) is 0 Å². The maximum Gasteiger partial charge on any atom is 0.335 e. The average Bonchev–Trinajstić information content (AvgIpc) is 2.26. The summed E-state index contributed by atoms with van der Waals surface area (Å²) in [6, 6.07) is 0. The predicted octanol–water partition coefficient (Wildman–Crippen LogP) is -0.759. The maximum absolute atomic E-state index is 11.2. The fourth-order valence-electron chi connectivity index (χ4n) is 1.47. The number of rotatable bonds is 2. The first kappa shape index (κ1) is 11.9. The molecule has 15 heavy (non-hydrogen) atoms. The lowest BCUT2D eigenvalue weighted by Gasteiger charge is -2.29.